The van der Waals surface area contributed by atoms with Crippen LogP contribution in [0.25, 0.3) is 0 Å². The van der Waals surface area contributed by atoms with Crippen LogP contribution in [0.15, 0.2) is 60.2 Å². The van der Waals surface area contributed by atoms with Gasteiger partial charge in [-0.3, -0.25) is 24.5 Å². The lowest BCUT2D eigenvalue weighted by atomic mass is 9.82. The zero-order chi connectivity index (χ0) is 23.0. The molecule has 2 atom stereocenters. The highest BCUT2D eigenvalue weighted by atomic mass is 35.5. The van der Waals surface area contributed by atoms with E-state index in [1.54, 1.807) is 24.3 Å². The zero-order valence-corrected chi connectivity index (χ0v) is 18.0. The minimum Gasteiger partial charge on any atom is -0.272 e. The maximum Gasteiger partial charge on any atom is 0.273 e. The van der Waals surface area contributed by atoms with E-state index < -0.39 is 34.5 Å². The van der Waals surface area contributed by atoms with Crippen LogP contribution in [0.4, 0.5) is 5.69 Å². The molecule has 1 aliphatic heterocycles. The average Bonchev–Trinajstić information content (AvgIpc) is 3.02. The van der Waals surface area contributed by atoms with Gasteiger partial charge in [-0.1, -0.05) is 41.4 Å². The first-order chi connectivity index (χ1) is 15.3. The second-order valence-corrected chi connectivity index (χ2v) is 8.42. The van der Waals surface area contributed by atoms with Crippen LogP contribution in [0.1, 0.15) is 35.7 Å². The van der Waals surface area contributed by atoms with Crippen molar-refractivity contribution >= 4 is 35.0 Å². The van der Waals surface area contributed by atoms with Gasteiger partial charge in [0.25, 0.3) is 23.4 Å². The second-order valence-electron chi connectivity index (χ2n) is 7.99. The molecule has 1 fully saturated rings. The minimum atomic E-state index is -0.673. The van der Waals surface area contributed by atoms with Crippen LogP contribution in [-0.2, 0) is 16.1 Å². The molecule has 0 N–H and O–H groups in total. The average molecular weight is 454 g/mol. The van der Waals surface area contributed by atoms with Gasteiger partial charge in [0, 0.05) is 22.7 Å². The Bertz CT molecular complexity index is 1140. The predicted molar refractivity (Wildman–Crippen MR) is 116 cm³/mol. The molecule has 0 aromatic heterocycles. The summed E-state index contributed by atoms with van der Waals surface area (Å²) in [6, 6.07) is 11.9. The first-order valence-electron chi connectivity index (χ1n) is 10.1. The monoisotopic (exact) mass is 453 g/mol. The minimum absolute atomic E-state index is 0.0120. The third kappa shape index (κ3) is 4.01. The normalized spacial score (nSPS) is 20.1. The number of non-ortho nitro benzene ring substituents is 1. The van der Waals surface area contributed by atoms with E-state index in [1.165, 1.54) is 18.2 Å². The Morgan fingerprint density at radius 3 is 2.53 bits per heavy atom. The number of hydrogen-bond acceptors (Lipinski definition) is 5. The quantitative estimate of drug-likeness (QED) is 0.293. The summed E-state index contributed by atoms with van der Waals surface area (Å²) >= 11 is 5.95. The number of nitro groups is 1. The van der Waals surface area contributed by atoms with E-state index in [0.717, 1.165) is 21.7 Å². The number of nitrogens with zero attached hydrogens (tertiary/aromatic N) is 3. The summed E-state index contributed by atoms with van der Waals surface area (Å²) in [5.41, 5.74) is 1.44. The molecule has 1 saturated heterocycles. The summed E-state index contributed by atoms with van der Waals surface area (Å²) in [7, 11) is 0. The summed E-state index contributed by atoms with van der Waals surface area (Å²) in [6.45, 7) is 1.85. The zero-order valence-electron chi connectivity index (χ0n) is 17.2. The van der Waals surface area contributed by atoms with E-state index in [4.69, 9.17) is 11.6 Å². The third-order valence-corrected chi connectivity index (χ3v) is 6.08. The number of hydrogen-bond donors (Lipinski definition) is 0. The Morgan fingerprint density at radius 2 is 1.84 bits per heavy atom. The van der Waals surface area contributed by atoms with E-state index in [9.17, 15) is 24.5 Å². The Morgan fingerprint density at radius 1 is 1.16 bits per heavy atom. The smallest absolute Gasteiger partial charge is 0.272 e. The molecular formula is C23H20ClN3O5. The molecule has 2 aromatic rings. The van der Waals surface area contributed by atoms with Crippen LogP contribution in [-0.4, -0.2) is 32.7 Å². The molecule has 8 nitrogen and oxygen atoms in total. The molecule has 2 aliphatic rings. The lowest BCUT2D eigenvalue weighted by Gasteiger charge is -2.30. The molecule has 3 amide bonds. The van der Waals surface area contributed by atoms with Crippen molar-refractivity contribution in [1.29, 1.82) is 0 Å². The highest BCUT2D eigenvalue weighted by Crippen LogP contribution is 2.39. The predicted octanol–water partition coefficient (Wildman–Crippen LogP) is 4.15. The molecule has 0 spiro atoms. The Kier molecular flexibility index (Phi) is 5.80. The van der Waals surface area contributed by atoms with Crippen molar-refractivity contribution < 1.29 is 19.3 Å². The van der Waals surface area contributed by atoms with E-state index in [2.05, 4.69) is 0 Å². The number of amides is 3. The summed E-state index contributed by atoms with van der Waals surface area (Å²) in [6.07, 6.45) is 2.85. The topological polar surface area (TPSA) is 101 Å². The SMILES string of the molecule is CC1=CC[C@@H]2C(=O)N(N(Cc3ccc(Cl)cc3)C(=O)c3cccc([N+](=O)[O-])c3)C(=O)[C@@H]2C1. The molecule has 2 aromatic carbocycles. The van der Waals surface area contributed by atoms with Crippen molar-refractivity contribution in [3.8, 4) is 0 Å². The molecule has 32 heavy (non-hydrogen) atoms. The van der Waals surface area contributed by atoms with Crippen LogP contribution in [0.2, 0.25) is 5.02 Å². The van der Waals surface area contributed by atoms with Crippen LogP contribution in [0.3, 0.4) is 0 Å². The number of nitro benzene ring substituents is 1. The van der Waals surface area contributed by atoms with Gasteiger partial charge < -0.3 is 0 Å². The van der Waals surface area contributed by atoms with Gasteiger partial charge >= 0.3 is 0 Å². The highest BCUT2D eigenvalue weighted by molar-refractivity contribution is 6.30. The van der Waals surface area contributed by atoms with Gasteiger partial charge in [-0.25, -0.2) is 5.01 Å². The highest BCUT2D eigenvalue weighted by Gasteiger charge is 2.51. The van der Waals surface area contributed by atoms with Gasteiger partial charge in [-0.05, 0) is 43.5 Å². The van der Waals surface area contributed by atoms with Crippen molar-refractivity contribution in [1.82, 2.24) is 10.0 Å². The molecule has 0 bridgehead atoms. The molecule has 0 unspecified atom stereocenters. The van der Waals surface area contributed by atoms with Crippen molar-refractivity contribution in [3.05, 3.63) is 86.4 Å². The van der Waals surface area contributed by atoms with Crippen molar-refractivity contribution in [2.24, 2.45) is 11.8 Å². The maximum absolute atomic E-state index is 13.5. The van der Waals surface area contributed by atoms with Gasteiger partial charge in [-0.2, -0.15) is 5.01 Å². The first kappa shape index (κ1) is 21.7. The fourth-order valence-electron chi connectivity index (χ4n) is 4.16. The van der Waals surface area contributed by atoms with Crippen LogP contribution >= 0.6 is 11.6 Å². The third-order valence-electron chi connectivity index (χ3n) is 5.83. The van der Waals surface area contributed by atoms with Crippen molar-refractivity contribution in [2.75, 3.05) is 0 Å². The van der Waals surface area contributed by atoms with Crippen LogP contribution in [0.5, 0.6) is 0 Å². The number of allylic oxidation sites excluding steroid dienone is 2. The molecular weight excluding hydrogens is 434 g/mol. The number of fused-ring (bicyclic) bond motifs is 1. The number of rotatable bonds is 5. The summed E-state index contributed by atoms with van der Waals surface area (Å²) in [5.74, 6) is -2.57. The van der Waals surface area contributed by atoms with E-state index >= 15 is 0 Å². The van der Waals surface area contributed by atoms with Gasteiger partial charge in [0.05, 0.1) is 23.3 Å². The fraction of sp³-hybridized carbons (Fsp3) is 0.261. The van der Waals surface area contributed by atoms with Crippen LogP contribution in [0, 0.1) is 22.0 Å². The lowest BCUT2D eigenvalue weighted by molar-refractivity contribution is -0.384. The van der Waals surface area contributed by atoms with Crippen LogP contribution < -0.4 is 0 Å². The number of imide groups is 1. The number of carbonyl (C=O) groups excluding carboxylic acids is 3. The molecule has 1 aliphatic carbocycles. The Hall–Kier alpha value is -3.52. The first-order valence-corrected chi connectivity index (χ1v) is 10.5. The number of hydrazine groups is 1. The molecule has 0 saturated carbocycles. The molecule has 4 rings (SSSR count). The summed E-state index contributed by atoms with van der Waals surface area (Å²) < 4.78 is 0. The number of halogens is 1. The second kappa shape index (κ2) is 8.55. The maximum atomic E-state index is 13.5. The van der Waals surface area contributed by atoms with Gasteiger partial charge in [0.15, 0.2) is 0 Å². The number of carbonyl (C=O) groups is 3. The fourth-order valence-corrected chi connectivity index (χ4v) is 4.28. The molecule has 0 radical (unpaired) electrons. The van der Waals surface area contributed by atoms with Gasteiger partial charge in [-0.15, -0.1) is 0 Å². The van der Waals surface area contributed by atoms with E-state index in [1.807, 2.05) is 13.0 Å². The molecule has 1 heterocycles. The molecule has 9 heteroatoms. The largest absolute Gasteiger partial charge is 0.273 e. The Balaban J connectivity index is 1.72. The van der Waals surface area contributed by atoms with Crippen molar-refractivity contribution in [2.45, 2.75) is 26.3 Å². The number of benzene rings is 2. The van der Waals surface area contributed by atoms with Gasteiger partial charge in [0.1, 0.15) is 0 Å². The lowest BCUT2D eigenvalue weighted by Crippen LogP contribution is -2.49. The Labute approximate surface area is 189 Å². The van der Waals surface area contributed by atoms with E-state index in [0.29, 0.717) is 23.4 Å². The van der Waals surface area contributed by atoms with Crippen molar-refractivity contribution in [3.63, 3.8) is 0 Å². The van der Waals surface area contributed by atoms with E-state index in [-0.39, 0.29) is 17.8 Å². The summed E-state index contributed by atoms with van der Waals surface area (Å²) in [5, 5.41) is 13.7. The molecule has 164 valence electrons. The van der Waals surface area contributed by atoms with Gasteiger partial charge in [0.2, 0.25) is 0 Å². The standard InChI is InChI=1S/C23H20ClN3O5/c1-14-5-10-19-20(11-14)23(30)26(22(19)29)25(13-15-6-8-17(24)9-7-15)21(28)16-3-2-4-18(12-16)27(31)32/h2-9,12,19-20H,10-11,13H2,1H3/t19-,20+/m0/s1. The summed E-state index contributed by atoms with van der Waals surface area (Å²) in [4.78, 5) is 50.5.